The van der Waals surface area contributed by atoms with Crippen LogP contribution in [0, 0.1) is 10.4 Å². The van der Waals surface area contributed by atoms with Crippen LogP contribution in [0.15, 0.2) is 41.5 Å². The highest BCUT2D eigenvalue weighted by atomic mass is 15.1. The zero-order valence-corrected chi connectivity index (χ0v) is 11.7. The van der Waals surface area contributed by atoms with E-state index in [9.17, 15) is 0 Å². The van der Waals surface area contributed by atoms with E-state index in [4.69, 9.17) is 5.53 Å². The normalized spacial score (nSPS) is 18.2. The molecule has 0 saturated carbocycles. The highest BCUT2D eigenvalue weighted by Crippen LogP contribution is 2.19. The van der Waals surface area contributed by atoms with Gasteiger partial charge in [0.15, 0.2) is 0 Å². The predicted octanol–water partition coefficient (Wildman–Crippen LogP) is 2.72. The molecule has 2 aromatic rings. The maximum absolute atomic E-state index is 8.67. The highest BCUT2D eigenvalue weighted by Gasteiger charge is 2.16. The number of hydrogen-bond donors (Lipinski definition) is 0. The molecule has 2 aliphatic carbocycles. The van der Waals surface area contributed by atoms with Crippen molar-refractivity contribution in [1.82, 2.24) is 0 Å². The van der Waals surface area contributed by atoms with Crippen molar-refractivity contribution < 1.29 is 0 Å². The van der Waals surface area contributed by atoms with Gasteiger partial charge in [-0.1, -0.05) is 53.7 Å². The molecule has 3 nitrogen and oxygen atoms in total. The summed E-state index contributed by atoms with van der Waals surface area (Å²) in [7, 11) is 0. The lowest BCUT2D eigenvalue weighted by atomic mass is 9.87. The Labute approximate surface area is 122 Å². The van der Waals surface area contributed by atoms with Crippen LogP contribution in [0.2, 0.25) is 0 Å². The van der Waals surface area contributed by atoms with Gasteiger partial charge in [-0.3, -0.25) is 0 Å². The lowest BCUT2D eigenvalue weighted by Crippen LogP contribution is -2.25. The van der Waals surface area contributed by atoms with Crippen molar-refractivity contribution in [2.45, 2.75) is 25.3 Å². The molecular weight excluding hydrogens is 258 g/mol. The molecule has 102 valence electrons. The van der Waals surface area contributed by atoms with Gasteiger partial charge in [-0.05, 0) is 56.8 Å². The molecule has 0 radical (unpaired) electrons. The van der Waals surface area contributed by atoms with Crippen LogP contribution in [-0.2, 0) is 12.8 Å². The number of rotatable bonds is 1. The summed E-state index contributed by atoms with van der Waals surface area (Å²) in [6, 6.07) is 13.1. The van der Waals surface area contributed by atoms with Crippen LogP contribution in [0.25, 0.3) is 22.6 Å². The standard InChI is InChI=1S/C18H15N3/c19-21-20-14-8-5-13-7-9-16-15-4-2-1-3-12(15)6-10-17(16)18(13)11-14/h1-7,9,14H,8,10-11H2. The zero-order valence-electron chi connectivity index (χ0n) is 11.7. The minimum absolute atomic E-state index is 0.0613. The first kappa shape index (κ1) is 12.2. The van der Waals surface area contributed by atoms with Gasteiger partial charge < -0.3 is 0 Å². The highest BCUT2D eigenvalue weighted by molar-refractivity contribution is 5.48. The zero-order chi connectivity index (χ0) is 14.2. The predicted molar refractivity (Wildman–Crippen MR) is 83.7 cm³/mol. The Hall–Kier alpha value is -2.51. The molecule has 0 spiro atoms. The quantitative estimate of drug-likeness (QED) is 0.436. The average Bonchev–Trinajstić information content (AvgIpc) is 2.54. The minimum Gasteiger partial charge on any atom is -0.0900 e. The van der Waals surface area contributed by atoms with Gasteiger partial charge in [0.25, 0.3) is 0 Å². The van der Waals surface area contributed by atoms with Crippen molar-refractivity contribution in [2.75, 3.05) is 0 Å². The molecular formula is C18H15N3. The van der Waals surface area contributed by atoms with Crippen molar-refractivity contribution in [2.24, 2.45) is 5.11 Å². The molecule has 0 aliphatic heterocycles. The fourth-order valence-corrected chi connectivity index (χ4v) is 3.50. The van der Waals surface area contributed by atoms with Crippen molar-refractivity contribution in [3.8, 4) is 0 Å². The molecule has 2 aliphatic rings. The first-order valence-electron chi connectivity index (χ1n) is 7.31. The van der Waals surface area contributed by atoms with Gasteiger partial charge in [-0.25, -0.2) is 0 Å². The SMILES string of the molecule is [N-]=[N+]=NC1CC=c2ccc3c(c2C1)CC=c1ccccc1=3. The Balaban J connectivity index is 2.05. The maximum Gasteiger partial charge on any atom is 0.0449 e. The summed E-state index contributed by atoms with van der Waals surface area (Å²) in [6.07, 6.45) is 7.17. The van der Waals surface area contributed by atoms with Crippen molar-refractivity contribution in [3.63, 3.8) is 0 Å². The van der Waals surface area contributed by atoms with Crippen molar-refractivity contribution >= 4 is 12.2 Å². The van der Waals surface area contributed by atoms with E-state index in [1.165, 1.54) is 32.0 Å². The Kier molecular flexibility index (Phi) is 2.80. The van der Waals surface area contributed by atoms with Gasteiger partial charge in [0.2, 0.25) is 0 Å². The van der Waals surface area contributed by atoms with E-state index < -0.39 is 0 Å². The number of hydrogen-bond acceptors (Lipinski definition) is 1. The summed E-state index contributed by atoms with van der Waals surface area (Å²) in [5.41, 5.74) is 11.4. The van der Waals surface area contributed by atoms with E-state index in [2.05, 4.69) is 58.6 Å². The van der Waals surface area contributed by atoms with Crippen LogP contribution in [-0.4, -0.2) is 6.04 Å². The molecule has 0 amide bonds. The molecule has 1 unspecified atom stereocenters. The van der Waals surface area contributed by atoms with Crippen LogP contribution in [0.4, 0.5) is 0 Å². The summed E-state index contributed by atoms with van der Waals surface area (Å²) < 4.78 is 0. The Morgan fingerprint density at radius 2 is 1.86 bits per heavy atom. The second-order valence-corrected chi connectivity index (χ2v) is 5.66. The molecule has 0 heterocycles. The molecule has 2 aromatic carbocycles. The first-order chi connectivity index (χ1) is 10.4. The van der Waals surface area contributed by atoms with Crippen LogP contribution in [0.5, 0.6) is 0 Å². The summed E-state index contributed by atoms with van der Waals surface area (Å²) in [4.78, 5) is 2.98. The van der Waals surface area contributed by atoms with Crippen LogP contribution in [0.3, 0.4) is 0 Å². The topological polar surface area (TPSA) is 48.8 Å². The van der Waals surface area contributed by atoms with Gasteiger partial charge in [0.1, 0.15) is 0 Å². The fraction of sp³-hybridized carbons (Fsp3) is 0.222. The Morgan fingerprint density at radius 1 is 0.952 bits per heavy atom. The Morgan fingerprint density at radius 3 is 2.76 bits per heavy atom. The molecule has 1 atom stereocenters. The van der Waals surface area contributed by atoms with E-state index in [1.807, 2.05) is 0 Å². The monoisotopic (exact) mass is 273 g/mol. The summed E-state index contributed by atoms with van der Waals surface area (Å²) >= 11 is 0. The molecule has 4 rings (SSSR count). The van der Waals surface area contributed by atoms with Gasteiger partial charge >= 0.3 is 0 Å². The largest absolute Gasteiger partial charge is 0.0900 e. The van der Waals surface area contributed by atoms with E-state index in [-0.39, 0.29) is 6.04 Å². The molecule has 0 fully saturated rings. The van der Waals surface area contributed by atoms with Crippen LogP contribution >= 0.6 is 0 Å². The van der Waals surface area contributed by atoms with Crippen molar-refractivity contribution in [1.29, 1.82) is 0 Å². The van der Waals surface area contributed by atoms with Gasteiger partial charge in [0.05, 0.1) is 0 Å². The fourth-order valence-electron chi connectivity index (χ4n) is 3.50. The molecule has 3 heteroatoms. The van der Waals surface area contributed by atoms with Crippen LogP contribution < -0.4 is 10.4 Å². The Bertz CT molecular complexity index is 982. The van der Waals surface area contributed by atoms with E-state index >= 15 is 0 Å². The summed E-state index contributed by atoms with van der Waals surface area (Å²) in [5, 5.41) is 9.19. The number of nitrogens with zero attached hydrogens (tertiary/aromatic N) is 3. The third kappa shape index (κ3) is 1.94. The second-order valence-electron chi connectivity index (χ2n) is 5.66. The van der Waals surface area contributed by atoms with Gasteiger partial charge in [-0.15, -0.1) is 0 Å². The van der Waals surface area contributed by atoms with Crippen LogP contribution in [0.1, 0.15) is 17.5 Å². The first-order valence-corrected chi connectivity index (χ1v) is 7.31. The molecule has 0 aromatic heterocycles. The number of benzene rings is 2. The number of azide groups is 1. The molecule has 0 N–H and O–H groups in total. The maximum atomic E-state index is 8.67. The summed E-state index contributed by atoms with van der Waals surface area (Å²) in [5.74, 6) is 0. The smallest absolute Gasteiger partial charge is 0.0449 e. The third-order valence-electron chi connectivity index (χ3n) is 4.51. The van der Waals surface area contributed by atoms with Gasteiger partial charge in [0, 0.05) is 11.0 Å². The lowest BCUT2D eigenvalue weighted by molar-refractivity contribution is 0.668. The second kappa shape index (κ2) is 4.80. The molecule has 0 bridgehead atoms. The lowest BCUT2D eigenvalue weighted by Gasteiger charge is -2.20. The molecule has 21 heavy (non-hydrogen) atoms. The van der Waals surface area contributed by atoms with E-state index in [0.717, 1.165) is 19.3 Å². The van der Waals surface area contributed by atoms with E-state index in [1.54, 1.807) is 0 Å². The van der Waals surface area contributed by atoms with Crippen molar-refractivity contribution in [3.05, 3.63) is 78.8 Å². The average molecular weight is 273 g/mol. The minimum atomic E-state index is 0.0613. The number of fused-ring (bicyclic) bond motifs is 4. The third-order valence-corrected chi connectivity index (χ3v) is 4.51. The summed E-state index contributed by atoms with van der Waals surface area (Å²) in [6.45, 7) is 0. The molecule has 0 saturated heterocycles. The van der Waals surface area contributed by atoms with E-state index in [0.29, 0.717) is 0 Å². The van der Waals surface area contributed by atoms with Gasteiger partial charge in [-0.2, -0.15) is 0 Å².